The predicted molar refractivity (Wildman–Crippen MR) is 55.1 cm³/mol. The Bertz CT molecular complexity index is 364. The Balaban J connectivity index is 3.09. The van der Waals surface area contributed by atoms with Crippen LogP contribution in [0.2, 0.25) is 0 Å². The molecule has 15 heavy (non-hydrogen) atoms. The molecular weight excluding hydrogens is 200 g/mol. The topological polar surface area (TPSA) is 20.3 Å². The van der Waals surface area contributed by atoms with Gasteiger partial charge in [-0.1, -0.05) is 0 Å². The van der Waals surface area contributed by atoms with Crippen molar-refractivity contribution in [1.82, 2.24) is 0 Å². The van der Waals surface area contributed by atoms with Gasteiger partial charge in [-0.3, -0.25) is 0 Å². The van der Waals surface area contributed by atoms with Crippen LogP contribution in [0.5, 0.6) is 0 Å². The summed E-state index contributed by atoms with van der Waals surface area (Å²) in [6.07, 6.45) is 1.50. The minimum atomic E-state index is -0.874. The largest absolute Gasteiger partial charge is 0.377 e. The van der Waals surface area contributed by atoms with E-state index in [0.717, 1.165) is 18.4 Å². The molecule has 0 atom stereocenters. The highest BCUT2D eigenvalue weighted by atomic mass is 19.2. The maximum Gasteiger partial charge on any atom is 0.160 e. The van der Waals surface area contributed by atoms with Crippen molar-refractivity contribution < 1.29 is 13.6 Å². The molecule has 0 aliphatic carbocycles. The van der Waals surface area contributed by atoms with Crippen molar-refractivity contribution in [3.63, 3.8) is 0 Å². The van der Waals surface area contributed by atoms with E-state index in [4.69, 9.17) is 0 Å². The third kappa shape index (κ3) is 2.75. The molecule has 0 N–H and O–H groups in total. The summed E-state index contributed by atoms with van der Waals surface area (Å²) in [6.45, 7) is 0. The lowest BCUT2D eigenvalue weighted by Crippen LogP contribution is -2.12. The molecule has 0 aliphatic heterocycles. The van der Waals surface area contributed by atoms with Gasteiger partial charge in [0, 0.05) is 32.3 Å². The molecule has 4 heteroatoms. The van der Waals surface area contributed by atoms with Gasteiger partial charge in [0.05, 0.1) is 0 Å². The van der Waals surface area contributed by atoms with Gasteiger partial charge in [0.25, 0.3) is 0 Å². The molecule has 0 spiro atoms. The zero-order valence-electron chi connectivity index (χ0n) is 8.76. The smallest absolute Gasteiger partial charge is 0.160 e. The number of nitrogens with zero attached hydrogens (tertiary/aromatic N) is 1. The summed E-state index contributed by atoms with van der Waals surface area (Å²) in [4.78, 5) is 11.9. The Morgan fingerprint density at radius 3 is 2.40 bits per heavy atom. The monoisotopic (exact) mass is 213 g/mol. The van der Waals surface area contributed by atoms with Crippen LogP contribution in [0, 0.1) is 11.6 Å². The number of halogens is 2. The van der Waals surface area contributed by atoms with Crippen molar-refractivity contribution >= 4 is 12.0 Å². The van der Waals surface area contributed by atoms with Crippen LogP contribution >= 0.6 is 0 Å². The highest BCUT2D eigenvalue weighted by Crippen LogP contribution is 2.23. The fraction of sp³-hybridized carbons (Fsp3) is 0.364. The number of hydrogen-bond donors (Lipinski definition) is 0. The van der Waals surface area contributed by atoms with Gasteiger partial charge in [-0.2, -0.15) is 0 Å². The number of aldehydes is 1. The van der Waals surface area contributed by atoms with Gasteiger partial charge in [-0.15, -0.1) is 0 Å². The predicted octanol–water partition coefficient (Wildman–Crippen LogP) is 2.16. The van der Waals surface area contributed by atoms with Gasteiger partial charge in [-0.05, 0) is 18.1 Å². The molecule has 2 nitrogen and oxygen atoms in total. The van der Waals surface area contributed by atoms with Crippen molar-refractivity contribution in [2.45, 2.75) is 12.8 Å². The zero-order chi connectivity index (χ0) is 11.4. The maximum atomic E-state index is 13.0. The van der Waals surface area contributed by atoms with Gasteiger partial charge in [0.1, 0.15) is 6.29 Å². The van der Waals surface area contributed by atoms with E-state index in [1.165, 1.54) is 0 Å². The first-order valence-corrected chi connectivity index (χ1v) is 4.65. The number of anilines is 1. The second-order valence-corrected chi connectivity index (χ2v) is 3.49. The Morgan fingerprint density at radius 1 is 1.27 bits per heavy atom. The maximum absolute atomic E-state index is 13.0. The highest BCUT2D eigenvalue weighted by Gasteiger charge is 2.10. The number of carbonyl (C=O) groups excluding carboxylic acids is 1. The van der Waals surface area contributed by atoms with Crippen molar-refractivity contribution in [1.29, 1.82) is 0 Å². The molecule has 0 fully saturated rings. The molecule has 0 bridgehead atoms. The third-order valence-corrected chi connectivity index (χ3v) is 2.13. The molecule has 1 rings (SSSR count). The van der Waals surface area contributed by atoms with Gasteiger partial charge in [-0.25, -0.2) is 8.78 Å². The Kier molecular flexibility index (Phi) is 3.77. The first-order chi connectivity index (χ1) is 7.06. The summed E-state index contributed by atoms with van der Waals surface area (Å²) in [6, 6.07) is 2.30. The summed E-state index contributed by atoms with van der Waals surface area (Å²) < 4.78 is 25.9. The summed E-state index contributed by atoms with van der Waals surface area (Å²) in [5.74, 6) is -1.74. The average molecular weight is 213 g/mol. The average Bonchev–Trinajstić information content (AvgIpc) is 2.19. The lowest BCUT2D eigenvalue weighted by molar-refractivity contribution is -0.107. The molecule has 82 valence electrons. The molecule has 0 amide bonds. The summed E-state index contributed by atoms with van der Waals surface area (Å²) in [5, 5.41) is 0. The molecule has 0 heterocycles. The molecule has 1 aromatic rings. The Hall–Kier alpha value is -1.45. The summed E-state index contributed by atoms with van der Waals surface area (Å²) in [7, 11) is 3.49. The molecule has 0 saturated heterocycles. The lowest BCUT2D eigenvalue weighted by Gasteiger charge is -2.17. The van der Waals surface area contributed by atoms with E-state index < -0.39 is 11.6 Å². The van der Waals surface area contributed by atoms with E-state index >= 15 is 0 Å². The Morgan fingerprint density at radius 2 is 1.87 bits per heavy atom. The minimum absolute atomic E-state index is 0.311. The fourth-order valence-corrected chi connectivity index (χ4v) is 1.41. The number of rotatable bonds is 4. The van der Waals surface area contributed by atoms with Crippen LogP contribution in [-0.4, -0.2) is 20.4 Å². The molecule has 0 saturated carbocycles. The van der Waals surface area contributed by atoms with Crippen molar-refractivity contribution in [3.05, 3.63) is 29.3 Å². The molecule has 0 radical (unpaired) electrons. The first-order valence-electron chi connectivity index (χ1n) is 4.65. The van der Waals surface area contributed by atoms with Crippen LogP contribution in [-0.2, 0) is 11.2 Å². The van der Waals surface area contributed by atoms with Crippen molar-refractivity contribution in [3.8, 4) is 0 Å². The minimum Gasteiger partial charge on any atom is -0.377 e. The normalized spacial score (nSPS) is 10.1. The molecule has 0 unspecified atom stereocenters. The van der Waals surface area contributed by atoms with E-state index in [0.29, 0.717) is 24.1 Å². The van der Waals surface area contributed by atoms with Crippen LogP contribution in [0.1, 0.15) is 12.0 Å². The SMILES string of the molecule is CN(C)c1cc(F)c(F)cc1CCC=O. The molecular formula is C11H13F2NO. The summed E-state index contributed by atoms with van der Waals surface area (Å²) in [5.41, 5.74) is 1.25. The molecule has 0 aromatic heterocycles. The number of hydrogen-bond acceptors (Lipinski definition) is 2. The number of aryl methyl sites for hydroxylation is 1. The van der Waals surface area contributed by atoms with Crippen molar-refractivity contribution in [2.24, 2.45) is 0 Å². The first kappa shape index (κ1) is 11.6. The quantitative estimate of drug-likeness (QED) is 0.714. The van der Waals surface area contributed by atoms with E-state index in [9.17, 15) is 13.6 Å². The van der Waals surface area contributed by atoms with E-state index in [2.05, 4.69) is 0 Å². The second kappa shape index (κ2) is 4.87. The highest BCUT2D eigenvalue weighted by molar-refractivity contribution is 5.56. The van der Waals surface area contributed by atoms with E-state index in [-0.39, 0.29) is 0 Å². The lowest BCUT2D eigenvalue weighted by atomic mass is 10.1. The zero-order valence-corrected chi connectivity index (χ0v) is 8.76. The van der Waals surface area contributed by atoms with Crippen LogP contribution < -0.4 is 4.90 Å². The van der Waals surface area contributed by atoms with Crippen molar-refractivity contribution in [2.75, 3.05) is 19.0 Å². The third-order valence-electron chi connectivity index (χ3n) is 2.13. The van der Waals surface area contributed by atoms with Crippen LogP contribution in [0.25, 0.3) is 0 Å². The Labute approximate surface area is 87.5 Å². The second-order valence-electron chi connectivity index (χ2n) is 3.49. The van der Waals surface area contributed by atoms with E-state index in [1.807, 2.05) is 0 Å². The fourth-order valence-electron chi connectivity index (χ4n) is 1.41. The van der Waals surface area contributed by atoms with Crippen LogP contribution in [0.3, 0.4) is 0 Å². The molecule has 0 aliphatic rings. The van der Waals surface area contributed by atoms with Crippen LogP contribution in [0.15, 0.2) is 12.1 Å². The number of benzene rings is 1. The van der Waals surface area contributed by atoms with Gasteiger partial charge >= 0.3 is 0 Å². The number of carbonyl (C=O) groups is 1. The standard InChI is InChI=1S/C11H13F2NO/c1-14(2)11-7-10(13)9(12)6-8(11)4-3-5-15/h5-7H,3-4H2,1-2H3. The van der Waals surface area contributed by atoms with Gasteiger partial charge in [0.2, 0.25) is 0 Å². The summed E-state index contributed by atoms with van der Waals surface area (Å²) >= 11 is 0. The van der Waals surface area contributed by atoms with Gasteiger partial charge < -0.3 is 9.69 Å². The van der Waals surface area contributed by atoms with Gasteiger partial charge in [0.15, 0.2) is 11.6 Å². The molecule has 1 aromatic carbocycles. The van der Waals surface area contributed by atoms with Crippen LogP contribution in [0.4, 0.5) is 14.5 Å². The van der Waals surface area contributed by atoms with E-state index in [1.54, 1.807) is 19.0 Å².